The van der Waals surface area contributed by atoms with Crippen molar-refractivity contribution in [1.82, 2.24) is 0 Å². The normalized spacial score (nSPS) is 18.9. The molecule has 2 heterocycles. The first kappa shape index (κ1) is 18.4. The predicted molar refractivity (Wildman–Crippen MR) is 104 cm³/mol. The van der Waals surface area contributed by atoms with Gasteiger partial charge >= 0.3 is 0 Å². The number of amides is 1. The average molecular weight is 385 g/mol. The molecule has 7 nitrogen and oxygen atoms in total. The van der Waals surface area contributed by atoms with Crippen LogP contribution in [0.25, 0.3) is 0 Å². The van der Waals surface area contributed by atoms with Crippen LogP contribution in [0.2, 0.25) is 0 Å². The number of benzene rings is 2. The number of likely N-dealkylation sites (N-methyl/N-ethyl adjacent to an activating group) is 1. The van der Waals surface area contributed by atoms with Crippen LogP contribution in [0.3, 0.4) is 0 Å². The number of quaternary nitrogens is 1. The van der Waals surface area contributed by atoms with E-state index in [1.165, 1.54) is 0 Å². The minimum atomic E-state index is -0.435. The smallest absolute Gasteiger partial charge is 0.287 e. The molecular formula is C21H25N2O5+. The van der Waals surface area contributed by atoms with Gasteiger partial charge in [-0.25, -0.2) is 0 Å². The van der Waals surface area contributed by atoms with Crippen molar-refractivity contribution in [2.75, 3.05) is 47.0 Å². The molecule has 0 bridgehead atoms. The Kier molecular flexibility index (Phi) is 4.55. The summed E-state index contributed by atoms with van der Waals surface area (Å²) in [7, 11) is 7.34. The maximum Gasteiger partial charge on any atom is 0.287 e. The standard InChI is InChI=1S/C21H24N2O5/c1-23(2)10-9-13-11-16-19(28-12-27-16)20(26-4)17(13)18(23)21(24)22-14-5-7-15(25-3)8-6-14/h5-8,11,18H,9-10,12H2,1-4H3/p+1. The average Bonchev–Trinajstić information content (AvgIpc) is 3.14. The van der Waals surface area contributed by atoms with Gasteiger partial charge in [-0.15, -0.1) is 0 Å². The summed E-state index contributed by atoms with van der Waals surface area (Å²) in [6, 6.07) is 8.85. The van der Waals surface area contributed by atoms with Crippen LogP contribution in [0.5, 0.6) is 23.0 Å². The Morgan fingerprint density at radius 3 is 2.57 bits per heavy atom. The fourth-order valence-electron chi connectivity index (χ4n) is 4.01. The molecule has 2 aromatic rings. The zero-order valence-corrected chi connectivity index (χ0v) is 16.6. The summed E-state index contributed by atoms with van der Waals surface area (Å²) in [5.74, 6) is 2.49. The van der Waals surface area contributed by atoms with E-state index in [0.717, 1.165) is 35.5 Å². The van der Waals surface area contributed by atoms with Crippen molar-refractivity contribution in [2.24, 2.45) is 0 Å². The van der Waals surface area contributed by atoms with Crippen molar-refractivity contribution in [1.29, 1.82) is 0 Å². The molecule has 28 heavy (non-hydrogen) atoms. The Morgan fingerprint density at radius 2 is 1.89 bits per heavy atom. The third-order valence-electron chi connectivity index (χ3n) is 5.48. The first-order chi connectivity index (χ1) is 13.4. The third-order valence-corrected chi connectivity index (χ3v) is 5.48. The fourth-order valence-corrected chi connectivity index (χ4v) is 4.01. The van der Waals surface area contributed by atoms with Gasteiger partial charge in [-0.1, -0.05) is 0 Å². The number of carbonyl (C=O) groups is 1. The molecule has 1 amide bonds. The molecule has 7 heteroatoms. The number of nitrogens with one attached hydrogen (secondary N) is 1. The molecule has 0 aliphatic carbocycles. The van der Waals surface area contributed by atoms with Gasteiger partial charge in [-0.05, 0) is 35.9 Å². The molecule has 1 unspecified atom stereocenters. The molecule has 1 N–H and O–H groups in total. The highest BCUT2D eigenvalue weighted by Crippen LogP contribution is 2.50. The van der Waals surface area contributed by atoms with Gasteiger partial charge in [0.25, 0.3) is 5.91 Å². The van der Waals surface area contributed by atoms with Gasteiger partial charge < -0.3 is 28.7 Å². The molecule has 2 aliphatic rings. The Balaban J connectivity index is 1.74. The molecule has 1 atom stereocenters. The van der Waals surface area contributed by atoms with Crippen molar-refractivity contribution >= 4 is 11.6 Å². The van der Waals surface area contributed by atoms with Crippen molar-refractivity contribution < 1.29 is 28.2 Å². The number of methoxy groups -OCH3 is 2. The Hall–Kier alpha value is -2.93. The number of carbonyl (C=O) groups excluding carboxylic acids is 1. The van der Waals surface area contributed by atoms with E-state index < -0.39 is 6.04 Å². The molecular weight excluding hydrogens is 360 g/mol. The van der Waals surface area contributed by atoms with Crippen molar-refractivity contribution in [3.05, 3.63) is 41.5 Å². The molecule has 0 saturated carbocycles. The summed E-state index contributed by atoms with van der Waals surface area (Å²) in [4.78, 5) is 13.4. The molecule has 0 saturated heterocycles. The van der Waals surface area contributed by atoms with E-state index in [1.807, 2.05) is 30.3 Å². The highest BCUT2D eigenvalue weighted by Gasteiger charge is 2.45. The van der Waals surface area contributed by atoms with E-state index in [1.54, 1.807) is 14.2 Å². The Morgan fingerprint density at radius 1 is 1.14 bits per heavy atom. The second-order valence-corrected chi connectivity index (χ2v) is 7.59. The monoisotopic (exact) mass is 385 g/mol. The van der Waals surface area contributed by atoms with Gasteiger partial charge in [0.2, 0.25) is 12.5 Å². The first-order valence-electron chi connectivity index (χ1n) is 9.21. The van der Waals surface area contributed by atoms with Crippen LogP contribution < -0.4 is 24.3 Å². The molecule has 148 valence electrons. The lowest BCUT2D eigenvalue weighted by Crippen LogP contribution is -2.52. The molecule has 0 aromatic heterocycles. The SMILES string of the molecule is COc1ccc(NC(=O)C2c3c(cc4c(c3OC)OCO4)CC[N+]2(C)C)cc1. The second kappa shape index (κ2) is 6.91. The highest BCUT2D eigenvalue weighted by atomic mass is 16.7. The number of ether oxygens (including phenoxy) is 4. The summed E-state index contributed by atoms with van der Waals surface area (Å²) in [6.45, 7) is 0.992. The quantitative estimate of drug-likeness (QED) is 0.820. The topological polar surface area (TPSA) is 66.0 Å². The van der Waals surface area contributed by atoms with Gasteiger partial charge in [0.05, 0.1) is 40.4 Å². The fraction of sp³-hybridized carbons (Fsp3) is 0.381. The van der Waals surface area contributed by atoms with Crippen LogP contribution in [0, 0.1) is 0 Å². The lowest BCUT2D eigenvalue weighted by atomic mass is 9.88. The van der Waals surface area contributed by atoms with Crippen molar-refractivity contribution in [3.8, 4) is 23.0 Å². The number of hydrogen-bond acceptors (Lipinski definition) is 5. The molecule has 4 rings (SSSR count). The highest BCUT2D eigenvalue weighted by molar-refractivity contribution is 5.96. The zero-order valence-electron chi connectivity index (χ0n) is 16.6. The molecule has 2 aromatic carbocycles. The minimum Gasteiger partial charge on any atom is -0.497 e. The van der Waals surface area contributed by atoms with Gasteiger partial charge in [-0.2, -0.15) is 0 Å². The Labute approximate surface area is 164 Å². The zero-order chi connectivity index (χ0) is 19.9. The van der Waals surface area contributed by atoms with Gasteiger partial charge in [0.1, 0.15) is 5.75 Å². The lowest BCUT2D eigenvalue weighted by Gasteiger charge is -2.42. The van der Waals surface area contributed by atoms with Crippen molar-refractivity contribution in [2.45, 2.75) is 12.5 Å². The van der Waals surface area contributed by atoms with E-state index in [4.69, 9.17) is 18.9 Å². The van der Waals surface area contributed by atoms with Crippen LogP contribution in [0.4, 0.5) is 5.69 Å². The van der Waals surface area contributed by atoms with Crippen LogP contribution in [-0.4, -0.2) is 52.0 Å². The number of anilines is 1. The molecule has 2 aliphatic heterocycles. The summed E-state index contributed by atoms with van der Waals surface area (Å²) in [5.41, 5.74) is 2.65. The summed E-state index contributed by atoms with van der Waals surface area (Å²) < 4.78 is 22.6. The van der Waals surface area contributed by atoms with Crippen LogP contribution >= 0.6 is 0 Å². The van der Waals surface area contributed by atoms with Crippen molar-refractivity contribution in [3.63, 3.8) is 0 Å². The first-order valence-corrected chi connectivity index (χ1v) is 9.21. The van der Waals surface area contributed by atoms with E-state index in [0.29, 0.717) is 21.7 Å². The van der Waals surface area contributed by atoms with E-state index >= 15 is 0 Å². The molecule has 0 radical (unpaired) electrons. The number of hydrogen-bond donors (Lipinski definition) is 1. The summed E-state index contributed by atoms with van der Waals surface area (Å²) in [5, 5.41) is 3.04. The summed E-state index contributed by atoms with van der Waals surface area (Å²) >= 11 is 0. The Bertz CT molecular complexity index is 908. The largest absolute Gasteiger partial charge is 0.497 e. The minimum absolute atomic E-state index is 0.0896. The maximum absolute atomic E-state index is 13.4. The number of rotatable bonds is 4. The predicted octanol–water partition coefficient (Wildman–Crippen LogP) is 2.74. The van der Waals surface area contributed by atoms with Crippen LogP contribution in [0.15, 0.2) is 30.3 Å². The molecule has 0 fully saturated rings. The number of nitrogens with zero attached hydrogens (tertiary/aromatic N) is 1. The van der Waals surface area contributed by atoms with Gasteiger partial charge in [-0.3, -0.25) is 4.79 Å². The van der Waals surface area contributed by atoms with Crippen LogP contribution in [-0.2, 0) is 11.2 Å². The van der Waals surface area contributed by atoms with E-state index in [2.05, 4.69) is 19.4 Å². The lowest BCUT2D eigenvalue weighted by molar-refractivity contribution is -0.913. The van der Waals surface area contributed by atoms with E-state index in [-0.39, 0.29) is 12.7 Å². The van der Waals surface area contributed by atoms with E-state index in [9.17, 15) is 4.79 Å². The van der Waals surface area contributed by atoms with Gasteiger partial charge in [0, 0.05) is 12.1 Å². The third kappa shape index (κ3) is 3.01. The second-order valence-electron chi connectivity index (χ2n) is 7.59. The molecule has 0 spiro atoms. The summed E-state index contributed by atoms with van der Waals surface area (Å²) in [6.07, 6.45) is 0.835. The van der Waals surface area contributed by atoms with Gasteiger partial charge in [0.15, 0.2) is 17.5 Å². The van der Waals surface area contributed by atoms with Crippen LogP contribution in [0.1, 0.15) is 17.2 Å². The number of fused-ring (bicyclic) bond motifs is 2. The maximum atomic E-state index is 13.4.